The topological polar surface area (TPSA) is 58.2 Å². The third-order valence-electron chi connectivity index (χ3n) is 2.73. The van der Waals surface area contributed by atoms with Crippen LogP contribution in [0, 0.1) is 0 Å². The zero-order valence-corrected chi connectivity index (χ0v) is 15.9. The van der Waals surface area contributed by atoms with E-state index in [0.29, 0.717) is 0 Å². The molecule has 0 saturated carbocycles. The van der Waals surface area contributed by atoms with Crippen molar-refractivity contribution < 1.29 is 9.59 Å². The summed E-state index contributed by atoms with van der Waals surface area (Å²) in [5, 5.41) is 0. The maximum absolute atomic E-state index is 11.6. The summed E-state index contributed by atoms with van der Waals surface area (Å²) in [6.45, 7) is 0. The molecule has 8 heteroatoms. The van der Waals surface area contributed by atoms with Gasteiger partial charge in [0.2, 0.25) is 0 Å². The first kappa shape index (κ1) is 19.1. The lowest BCUT2D eigenvalue weighted by molar-refractivity contribution is -0.136. The number of hydrogen-bond acceptors (Lipinski definition) is 6. The molecule has 0 fully saturated rings. The molecule has 2 N–H and O–H groups in total. The molecule has 0 aliphatic heterocycles. The van der Waals surface area contributed by atoms with Crippen LogP contribution in [0.3, 0.4) is 0 Å². The second-order valence-electron chi connectivity index (χ2n) is 4.52. The van der Waals surface area contributed by atoms with Gasteiger partial charge in [0.05, 0.1) is 0 Å². The molecule has 0 unspecified atom stereocenters. The van der Waals surface area contributed by atoms with Crippen molar-refractivity contribution in [3.05, 3.63) is 71.8 Å². The highest BCUT2D eigenvalue weighted by Crippen LogP contribution is 2.24. The molecule has 0 heterocycles. The number of rotatable bonds is 8. The van der Waals surface area contributed by atoms with Gasteiger partial charge in [-0.3, -0.25) is 19.0 Å². The van der Waals surface area contributed by atoms with Crippen molar-refractivity contribution in [3.63, 3.8) is 0 Å². The molecule has 0 aromatic heterocycles. The number of carbonyl (C=O) groups excluding carboxylic acids is 2. The highest BCUT2D eigenvalue weighted by molar-refractivity contribution is 8.76. The molecule has 2 rings (SSSR count). The summed E-state index contributed by atoms with van der Waals surface area (Å²) in [5.74, 6) is 0.228. The summed E-state index contributed by atoms with van der Waals surface area (Å²) in [5.41, 5.74) is 2.34. The molecule has 0 saturated heterocycles. The molecule has 2 aromatic carbocycles. The summed E-state index contributed by atoms with van der Waals surface area (Å²) in [6.07, 6.45) is 0. The van der Waals surface area contributed by atoms with Gasteiger partial charge in [-0.25, -0.2) is 0 Å². The van der Waals surface area contributed by atoms with Crippen molar-refractivity contribution in [2.75, 3.05) is 0 Å². The second-order valence-corrected chi connectivity index (χ2v) is 8.73. The molecule has 0 aliphatic rings. The molecule has 4 nitrogen and oxygen atoms in total. The van der Waals surface area contributed by atoms with Gasteiger partial charge in [0.15, 0.2) is 0 Å². The van der Waals surface area contributed by atoms with Gasteiger partial charge in [-0.05, 0) is 11.1 Å². The number of nitrogens with one attached hydrogen (secondary N) is 2. The average molecular weight is 397 g/mol. The third kappa shape index (κ3) is 7.57. The van der Waals surface area contributed by atoms with Crippen LogP contribution in [0.25, 0.3) is 0 Å². The van der Waals surface area contributed by atoms with Crippen LogP contribution in [0.2, 0.25) is 0 Å². The normalized spacial score (nSPS) is 10.2. The fraction of sp³-hybridized carbons (Fsp3) is 0.125. The number of amides is 2. The molecule has 0 aliphatic carbocycles. The fourth-order valence-corrected chi connectivity index (χ4v) is 4.78. The zero-order valence-electron chi connectivity index (χ0n) is 12.6. The summed E-state index contributed by atoms with van der Waals surface area (Å²) < 4.78 is 5.03. The van der Waals surface area contributed by atoms with Crippen molar-refractivity contribution >= 4 is 55.4 Å². The SMILES string of the molecule is O=C(NSSCc1ccccc1)C(=O)NSSCc1ccccc1. The summed E-state index contributed by atoms with van der Waals surface area (Å²) in [4.78, 5) is 23.3. The number of carbonyl (C=O) groups is 2. The van der Waals surface area contributed by atoms with Gasteiger partial charge in [-0.15, -0.1) is 0 Å². The van der Waals surface area contributed by atoms with Gasteiger partial charge in [0, 0.05) is 33.5 Å². The first-order valence-electron chi connectivity index (χ1n) is 7.01. The van der Waals surface area contributed by atoms with Gasteiger partial charge in [-0.1, -0.05) is 82.3 Å². The Hall–Kier alpha value is -1.22. The third-order valence-corrected chi connectivity index (χ3v) is 6.32. The van der Waals surface area contributed by atoms with Gasteiger partial charge in [-0.2, -0.15) is 0 Å². The van der Waals surface area contributed by atoms with Crippen molar-refractivity contribution in [2.24, 2.45) is 0 Å². The maximum Gasteiger partial charge on any atom is 0.320 e. The Bertz CT molecular complexity index is 584. The average Bonchev–Trinajstić information content (AvgIpc) is 2.63. The van der Waals surface area contributed by atoms with E-state index in [1.165, 1.54) is 32.7 Å². The highest BCUT2D eigenvalue weighted by Gasteiger charge is 2.13. The Balaban J connectivity index is 1.54. The molecule has 24 heavy (non-hydrogen) atoms. The van der Waals surface area contributed by atoms with Gasteiger partial charge in [0.1, 0.15) is 0 Å². The summed E-state index contributed by atoms with van der Waals surface area (Å²) >= 11 is 0. The lowest BCUT2D eigenvalue weighted by atomic mass is 10.2. The van der Waals surface area contributed by atoms with E-state index in [-0.39, 0.29) is 0 Å². The van der Waals surface area contributed by atoms with Crippen LogP contribution in [-0.2, 0) is 21.1 Å². The standard InChI is InChI=1S/C16H16N2O2S4/c19-15(17-23-21-11-13-7-3-1-4-8-13)16(20)18-24-22-12-14-9-5-2-6-10-14/h1-10H,11-12H2,(H,17,19)(H,18,20). The Morgan fingerprint density at radius 2 is 1.04 bits per heavy atom. The Kier molecular flexibility index (Phi) is 9.04. The van der Waals surface area contributed by atoms with Crippen LogP contribution in [-0.4, -0.2) is 11.8 Å². The highest BCUT2D eigenvalue weighted by atomic mass is 33.1. The molecule has 0 bridgehead atoms. The van der Waals surface area contributed by atoms with Crippen molar-refractivity contribution in [2.45, 2.75) is 11.5 Å². The molecule has 2 aromatic rings. The molecule has 0 spiro atoms. The van der Waals surface area contributed by atoms with E-state index in [9.17, 15) is 9.59 Å². The van der Waals surface area contributed by atoms with Crippen LogP contribution in [0.1, 0.15) is 11.1 Å². The van der Waals surface area contributed by atoms with Crippen molar-refractivity contribution in [1.82, 2.24) is 9.44 Å². The second kappa shape index (κ2) is 11.4. The lowest BCUT2D eigenvalue weighted by Crippen LogP contribution is -2.32. The van der Waals surface area contributed by atoms with E-state index in [1.807, 2.05) is 60.7 Å². The first-order chi connectivity index (χ1) is 11.8. The van der Waals surface area contributed by atoms with Crippen molar-refractivity contribution in [3.8, 4) is 0 Å². The largest absolute Gasteiger partial charge is 0.320 e. The molecule has 126 valence electrons. The van der Waals surface area contributed by atoms with Crippen LogP contribution >= 0.6 is 43.5 Å². The van der Waals surface area contributed by atoms with Crippen LogP contribution in [0.5, 0.6) is 0 Å². The van der Waals surface area contributed by atoms with Gasteiger partial charge >= 0.3 is 11.8 Å². The Morgan fingerprint density at radius 1 is 0.667 bits per heavy atom. The van der Waals surface area contributed by atoms with E-state index in [0.717, 1.165) is 33.5 Å². The number of hydrogen-bond donors (Lipinski definition) is 2. The minimum atomic E-state index is -0.645. The number of benzene rings is 2. The minimum Gasteiger partial charge on any atom is -0.283 e. The minimum absolute atomic E-state index is 0.645. The van der Waals surface area contributed by atoms with Gasteiger partial charge < -0.3 is 0 Å². The predicted octanol–water partition coefficient (Wildman–Crippen LogP) is 4.21. The van der Waals surface area contributed by atoms with E-state index in [2.05, 4.69) is 9.44 Å². The molecular weight excluding hydrogens is 380 g/mol. The molecule has 2 amide bonds. The van der Waals surface area contributed by atoms with Crippen LogP contribution in [0.15, 0.2) is 60.7 Å². The Labute approximate surface area is 157 Å². The molecule has 0 radical (unpaired) electrons. The van der Waals surface area contributed by atoms with E-state index in [1.54, 1.807) is 0 Å². The monoisotopic (exact) mass is 396 g/mol. The Morgan fingerprint density at radius 3 is 1.42 bits per heavy atom. The lowest BCUT2D eigenvalue weighted by Gasteiger charge is -2.05. The van der Waals surface area contributed by atoms with E-state index in [4.69, 9.17) is 0 Å². The van der Waals surface area contributed by atoms with Gasteiger partial charge in [0.25, 0.3) is 0 Å². The summed E-state index contributed by atoms with van der Waals surface area (Å²) in [7, 11) is 5.26. The maximum atomic E-state index is 11.6. The van der Waals surface area contributed by atoms with Crippen molar-refractivity contribution in [1.29, 1.82) is 0 Å². The fourth-order valence-electron chi connectivity index (χ4n) is 1.57. The predicted molar refractivity (Wildman–Crippen MR) is 107 cm³/mol. The molecular formula is C16H16N2O2S4. The van der Waals surface area contributed by atoms with E-state index >= 15 is 0 Å². The quantitative estimate of drug-likeness (QED) is 0.302. The summed E-state index contributed by atoms with van der Waals surface area (Å²) in [6, 6.07) is 19.9. The molecule has 0 atom stereocenters. The zero-order chi connectivity index (χ0) is 17.0. The smallest absolute Gasteiger partial charge is 0.283 e. The first-order valence-corrected chi connectivity index (χ1v) is 11.6. The van der Waals surface area contributed by atoms with E-state index < -0.39 is 11.8 Å². The van der Waals surface area contributed by atoms with Crippen LogP contribution < -0.4 is 9.44 Å². The van der Waals surface area contributed by atoms with Crippen LogP contribution in [0.4, 0.5) is 0 Å².